The number of hydrogen-bond acceptors (Lipinski definition) is 3. The number of pyridine rings is 3. The average Bonchev–Trinajstić information content (AvgIpc) is 1.58. The van der Waals surface area contributed by atoms with Gasteiger partial charge in [-0.15, -0.1) is 0 Å². The Hall–Kier alpha value is -7.23. The van der Waals surface area contributed by atoms with Crippen molar-refractivity contribution in [3.8, 4) is 89.4 Å². The van der Waals surface area contributed by atoms with Gasteiger partial charge >= 0.3 is 0 Å². The molecule has 0 amide bonds. The minimum absolute atomic E-state index is 0.0121. The quantitative estimate of drug-likeness (QED) is 0.0357. The Morgan fingerprint density at radius 1 is 0.196 bits per heavy atom. The van der Waals surface area contributed by atoms with Crippen LogP contribution < -0.4 is 0 Å². The van der Waals surface area contributed by atoms with E-state index in [4.69, 9.17) is 15.0 Å². The Labute approximate surface area is 650 Å². The minimum Gasteiger partial charge on any atom is -0.256 e. The van der Waals surface area contributed by atoms with Crippen LogP contribution in [0.25, 0.3) is 89.4 Å². The fourth-order valence-electron chi connectivity index (χ4n) is 19.9. The van der Waals surface area contributed by atoms with E-state index in [1.165, 1.54) is 363 Å². The largest absolute Gasteiger partial charge is 0.256 e. The summed E-state index contributed by atoms with van der Waals surface area (Å²) in [5, 5.41) is 0. The van der Waals surface area contributed by atoms with Crippen molar-refractivity contribution in [2.75, 3.05) is 0 Å². The summed E-state index contributed by atoms with van der Waals surface area (Å²) in [6.07, 6.45) is 60.3. The molecule has 0 bridgehead atoms. The zero-order valence-electron chi connectivity index (χ0n) is 68.1. The van der Waals surface area contributed by atoms with Crippen LogP contribution in [-0.2, 0) is 16.2 Å². The Bertz CT molecular complexity index is 4240. The molecule has 0 saturated carbocycles. The van der Waals surface area contributed by atoms with E-state index >= 15 is 0 Å². The third-order valence-corrected chi connectivity index (χ3v) is 26.0. The summed E-state index contributed by atoms with van der Waals surface area (Å²) in [5.74, 6) is 0. The number of unbranched alkanes of at least 4 members (excludes halogenated alkanes) is 30. The van der Waals surface area contributed by atoms with Gasteiger partial charge in [-0.25, -0.2) is 0 Å². The van der Waals surface area contributed by atoms with E-state index in [-0.39, 0.29) is 16.2 Å². The lowest BCUT2D eigenvalue weighted by atomic mass is 9.70. The molecule has 3 heterocycles. The van der Waals surface area contributed by atoms with Crippen LogP contribution in [0.4, 0.5) is 0 Å². The van der Waals surface area contributed by atoms with Gasteiger partial charge in [-0.2, -0.15) is 0 Å². The van der Waals surface area contributed by atoms with Gasteiger partial charge in [0.2, 0.25) is 0 Å². The first-order valence-electron chi connectivity index (χ1n) is 44.3. The van der Waals surface area contributed by atoms with Gasteiger partial charge in [-0.05, 0) is 214 Å². The second-order valence-electron chi connectivity index (χ2n) is 33.8. The van der Waals surface area contributed by atoms with Crippen LogP contribution in [-0.4, -0.2) is 15.0 Å². The van der Waals surface area contributed by atoms with Gasteiger partial charge < -0.3 is 0 Å². The van der Waals surface area contributed by atoms with Crippen molar-refractivity contribution in [1.82, 2.24) is 15.0 Å². The highest BCUT2D eigenvalue weighted by molar-refractivity contribution is 5.90. The standard InChI is InChI=1S/C104H135N3/c1-9-15-21-27-33-39-60-102(61-40-34-28-22-16-10-2)93-69-78(7)45-51-87(93)90-55-49-85(74-96(90)102)100-76-82(58-67-106-100)81-47-53-89-92-56-50-86(75-98(92)104(95(89)72-81,64-43-37-31-25-19-13-5)65-44-38-32-26-20-14-6)101-77-83(59-68-107-101)80-46-52-88-91-54-48-84(99-70-79(8)57-66-105-99)73-97(91)103(94(88)71-80,62-41-35-29-23-17-11-3)63-42-36-30-24-18-12-4/h45-59,66-77H,9-44,60-65H2,1-8H3. The van der Waals surface area contributed by atoms with Crippen LogP contribution in [0.15, 0.2) is 164 Å². The van der Waals surface area contributed by atoms with Gasteiger partial charge in [0.05, 0.1) is 17.1 Å². The summed E-state index contributed by atoms with van der Waals surface area (Å²) >= 11 is 0. The molecule has 0 atom stereocenters. The maximum absolute atomic E-state index is 5.35. The zero-order valence-corrected chi connectivity index (χ0v) is 68.1. The SMILES string of the molecule is CCCCCCCCC1(CCCCCCCC)c2cc(C)ccc2-c2ccc(-c3cc(-c4ccc5c(c4)C(CCCCCCCC)(CCCCCCCC)c4cc(-c6cc(-c7ccc8c(c7)C(CCCCCCCC)(CCCCCCCC)c7cc(-c9cc(C)ccn9)ccc7-8)ccn6)ccc4-5)ccn3)cc21. The molecule has 0 saturated heterocycles. The number of benzene rings is 6. The van der Waals surface area contributed by atoms with Crippen molar-refractivity contribution >= 4 is 0 Å². The van der Waals surface area contributed by atoms with Crippen molar-refractivity contribution < 1.29 is 0 Å². The highest BCUT2D eigenvalue weighted by atomic mass is 14.7. The number of fused-ring (bicyclic) bond motifs is 9. The molecule has 0 aliphatic heterocycles. The zero-order chi connectivity index (χ0) is 74.3. The normalized spacial score (nSPS) is 13.9. The molecule has 107 heavy (non-hydrogen) atoms. The van der Waals surface area contributed by atoms with Gasteiger partial charge in [-0.3, -0.25) is 15.0 Å². The Balaban J connectivity index is 0.909. The molecule has 0 N–H and O–H groups in total. The number of hydrogen-bond donors (Lipinski definition) is 0. The number of rotatable bonds is 47. The van der Waals surface area contributed by atoms with Gasteiger partial charge in [0, 0.05) is 51.5 Å². The molecule has 0 fully saturated rings. The number of nitrogens with zero attached hydrogens (tertiary/aromatic N) is 3. The highest BCUT2D eigenvalue weighted by Gasteiger charge is 2.46. The predicted molar refractivity (Wildman–Crippen MR) is 463 cm³/mol. The first kappa shape index (κ1) is 79.3. The van der Waals surface area contributed by atoms with Gasteiger partial charge in [0.25, 0.3) is 0 Å². The van der Waals surface area contributed by atoms with Crippen molar-refractivity contribution in [2.45, 2.75) is 341 Å². The molecule has 3 nitrogen and oxygen atoms in total. The molecule has 3 aromatic heterocycles. The predicted octanol–water partition coefficient (Wildman–Crippen LogP) is 32.1. The molecule has 566 valence electrons. The molecule has 12 rings (SSSR count). The first-order chi connectivity index (χ1) is 52.6. The summed E-state index contributed by atoms with van der Waals surface area (Å²) in [7, 11) is 0. The van der Waals surface area contributed by atoms with Gasteiger partial charge in [0.15, 0.2) is 0 Å². The third kappa shape index (κ3) is 18.6. The summed E-state index contributed by atoms with van der Waals surface area (Å²) in [6, 6.07) is 58.9. The van der Waals surface area contributed by atoms with Crippen molar-refractivity contribution in [1.29, 1.82) is 0 Å². The van der Waals surface area contributed by atoms with E-state index in [2.05, 4.69) is 213 Å². The summed E-state index contributed by atoms with van der Waals surface area (Å²) in [5.41, 5.74) is 32.4. The first-order valence-corrected chi connectivity index (χ1v) is 44.3. The number of aromatic nitrogens is 3. The van der Waals surface area contributed by atoms with Crippen molar-refractivity contribution in [3.05, 3.63) is 209 Å². The summed E-state index contributed by atoms with van der Waals surface area (Å²) in [4.78, 5) is 15.6. The van der Waals surface area contributed by atoms with Gasteiger partial charge in [0.1, 0.15) is 0 Å². The number of aryl methyl sites for hydroxylation is 2. The van der Waals surface area contributed by atoms with Crippen LogP contribution in [0.1, 0.15) is 356 Å². The topological polar surface area (TPSA) is 38.7 Å². The van der Waals surface area contributed by atoms with Crippen LogP contribution >= 0.6 is 0 Å². The molecule has 0 spiro atoms. The average molecular weight is 1430 g/mol. The van der Waals surface area contributed by atoms with Crippen molar-refractivity contribution in [3.63, 3.8) is 0 Å². The smallest absolute Gasteiger partial charge is 0.0708 e. The van der Waals surface area contributed by atoms with E-state index < -0.39 is 0 Å². The van der Waals surface area contributed by atoms with E-state index in [0.717, 1.165) is 29.9 Å². The Kier molecular flexibility index (Phi) is 29.2. The lowest BCUT2D eigenvalue weighted by molar-refractivity contribution is 0.398. The fraction of sp³-hybridized carbons (Fsp3) is 0.510. The monoisotopic (exact) mass is 1430 g/mol. The Morgan fingerprint density at radius 2 is 0.411 bits per heavy atom. The maximum Gasteiger partial charge on any atom is 0.0708 e. The molecule has 9 aromatic rings. The molecule has 3 heteroatoms. The summed E-state index contributed by atoms with van der Waals surface area (Å²) in [6.45, 7) is 18.6. The van der Waals surface area contributed by atoms with Crippen molar-refractivity contribution in [2.24, 2.45) is 0 Å². The second-order valence-corrected chi connectivity index (χ2v) is 33.8. The summed E-state index contributed by atoms with van der Waals surface area (Å²) < 4.78 is 0. The van der Waals surface area contributed by atoms with E-state index in [0.29, 0.717) is 0 Å². The third-order valence-electron chi connectivity index (χ3n) is 26.0. The van der Waals surface area contributed by atoms with Crippen LogP contribution in [0.5, 0.6) is 0 Å². The molecule has 0 radical (unpaired) electrons. The molecule has 6 aromatic carbocycles. The van der Waals surface area contributed by atoms with Gasteiger partial charge in [-0.1, -0.05) is 357 Å². The van der Waals surface area contributed by atoms with Crippen LogP contribution in [0.3, 0.4) is 0 Å². The van der Waals surface area contributed by atoms with E-state index in [9.17, 15) is 0 Å². The highest BCUT2D eigenvalue weighted by Crippen LogP contribution is 2.59. The molecule has 3 aliphatic rings. The van der Waals surface area contributed by atoms with E-state index in [1.807, 2.05) is 6.20 Å². The molecule has 0 unspecified atom stereocenters. The molecule has 3 aliphatic carbocycles. The molecular formula is C104H135N3. The van der Waals surface area contributed by atoms with Crippen LogP contribution in [0, 0.1) is 13.8 Å². The van der Waals surface area contributed by atoms with Crippen LogP contribution in [0.2, 0.25) is 0 Å². The second kappa shape index (κ2) is 39.4. The maximum atomic E-state index is 5.35. The fourth-order valence-corrected chi connectivity index (χ4v) is 19.9. The molecular weight excluding hydrogens is 1290 g/mol. The van der Waals surface area contributed by atoms with E-state index in [1.54, 1.807) is 11.1 Å². The Morgan fingerprint density at radius 3 is 0.701 bits per heavy atom. The lowest BCUT2D eigenvalue weighted by Gasteiger charge is -2.33. The lowest BCUT2D eigenvalue weighted by Crippen LogP contribution is -2.26. The minimum atomic E-state index is -0.123.